The van der Waals surface area contributed by atoms with Gasteiger partial charge in [-0.15, -0.1) is 0 Å². The Balaban J connectivity index is 1.10. The molecule has 3 aromatic heterocycles. The molecule has 7 rings (SSSR count). The van der Waals surface area contributed by atoms with Crippen molar-refractivity contribution >= 4 is 48.8 Å². The molecule has 2 unspecified atom stereocenters. The standard InChI is InChI=1S/C42H55N7O15P2S2/c1-9-28-31(25(7)38(60-28)49-17-22(4)35(51)46-42(49)55)63-66(57,68)59-19-30-32(26(8)39(62-30)47-15-20(2)33(44-40(47)53)43-36(52)27-13-11-10-12-14-27)64-65(56,67)58-18-29-23(5)24(6)37(61-29)48-16-21(3)34(50)45-41(48)54/h10-17,23-26,28-32,37-39H,9,18-19H2,1-8H3,(H,56,67)(H,57,68)(H,45,50,54)(H,46,51,55)(H,43,44,52,53)/t23-,24+,25+,26+,28+,29+,30+,31-,32-,37+,38+,39+,65?,66?/m0/s1. The van der Waals surface area contributed by atoms with Crippen LogP contribution in [0.4, 0.5) is 5.82 Å². The molecule has 4 aromatic rings. The lowest BCUT2D eigenvalue weighted by molar-refractivity contribution is -0.0509. The van der Waals surface area contributed by atoms with Gasteiger partial charge < -0.3 is 47.4 Å². The molecule has 3 saturated heterocycles. The van der Waals surface area contributed by atoms with Crippen molar-refractivity contribution in [1.29, 1.82) is 0 Å². The molecule has 14 atom stereocenters. The van der Waals surface area contributed by atoms with Gasteiger partial charge in [0.2, 0.25) is 0 Å². The number of aryl methyl sites for hydroxylation is 3. The third-order valence-corrected chi connectivity index (χ3v) is 15.8. The fourth-order valence-corrected chi connectivity index (χ4v) is 11.6. The highest BCUT2D eigenvalue weighted by atomic mass is 32.5. The number of carbonyl (C=O) groups is 1. The minimum atomic E-state index is -4.21. The smallest absolute Gasteiger partial charge is 0.351 e. The van der Waals surface area contributed by atoms with Gasteiger partial charge in [-0.25, -0.2) is 14.4 Å². The zero-order chi connectivity index (χ0) is 49.6. The minimum absolute atomic E-state index is 0.0228. The second kappa shape index (κ2) is 20.7. The number of ether oxygens (including phenoxy) is 3. The van der Waals surface area contributed by atoms with Crippen LogP contribution in [-0.4, -0.2) is 88.1 Å². The molecule has 0 radical (unpaired) electrons. The number of rotatable bonds is 16. The molecule has 68 heavy (non-hydrogen) atoms. The summed E-state index contributed by atoms with van der Waals surface area (Å²) in [6.45, 7) is 4.61. The number of benzene rings is 1. The molecule has 0 spiro atoms. The van der Waals surface area contributed by atoms with Gasteiger partial charge in [0.15, 0.2) is 0 Å². The molecule has 22 nitrogen and oxygen atoms in total. The Bertz CT molecular complexity index is 2930. The molecule has 3 aliphatic heterocycles. The van der Waals surface area contributed by atoms with Crippen molar-refractivity contribution in [2.45, 2.75) is 111 Å². The Hall–Kier alpha value is -4.13. The van der Waals surface area contributed by atoms with Gasteiger partial charge in [-0.3, -0.25) is 38.1 Å². The van der Waals surface area contributed by atoms with E-state index >= 15 is 0 Å². The van der Waals surface area contributed by atoms with Crippen molar-refractivity contribution in [3.05, 3.63) is 123 Å². The van der Waals surface area contributed by atoms with Crippen LogP contribution in [0.3, 0.4) is 0 Å². The van der Waals surface area contributed by atoms with Crippen molar-refractivity contribution in [3.63, 3.8) is 0 Å². The maximum Gasteiger partial charge on any atom is 0.351 e. The summed E-state index contributed by atoms with van der Waals surface area (Å²) in [5.74, 6) is -2.28. The minimum Gasteiger partial charge on any atom is -0.352 e. The summed E-state index contributed by atoms with van der Waals surface area (Å²) in [7, 11) is 0. The Morgan fingerprint density at radius 3 is 1.69 bits per heavy atom. The van der Waals surface area contributed by atoms with E-state index in [1.165, 1.54) is 32.3 Å². The van der Waals surface area contributed by atoms with Gasteiger partial charge >= 0.3 is 30.5 Å². The predicted molar refractivity (Wildman–Crippen MR) is 253 cm³/mol. The van der Waals surface area contributed by atoms with Crippen LogP contribution < -0.4 is 33.5 Å². The molecule has 370 valence electrons. The van der Waals surface area contributed by atoms with Gasteiger partial charge in [-0.2, -0.15) is 4.98 Å². The van der Waals surface area contributed by atoms with Crippen LogP contribution >= 0.6 is 13.4 Å². The molecule has 1 amide bonds. The first-order valence-electron chi connectivity index (χ1n) is 21.9. The van der Waals surface area contributed by atoms with Crippen molar-refractivity contribution in [1.82, 2.24) is 28.7 Å². The number of carbonyl (C=O) groups excluding carboxylic acids is 1. The quantitative estimate of drug-likeness (QED) is 0.101. The highest BCUT2D eigenvalue weighted by Gasteiger charge is 2.50. The summed E-state index contributed by atoms with van der Waals surface area (Å²) < 4.78 is 46.6. The lowest BCUT2D eigenvalue weighted by Crippen LogP contribution is -2.35. The van der Waals surface area contributed by atoms with Crippen molar-refractivity contribution in [3.8, 4) is 0 Å². The van der Waals surface area contributed by atoms with Crippen molar-refractivity contribution < 1.29 is 46.9 Å². The molecule has 26 heteroatoms. The van der Waals surface area contributed by atoms with Crippen molar-refractivity contribution in [2.24, 2.45) is 23.7 Å². The second-order valence-corrected chi connectivity index (χ2v) is 23.0. The van der Waals surface area contributed by atoms with Crippen LogP contribution in [0.25, 0.3) is 0 Å². The average Bonchev–Trinajstić information content (AvgIpc) is 3.87. The zero-order valence-corrected chi connectivity index (χ0v) is 41.8. The Morgan fingerprint density at radius 1 is 0.691 bits per heavy atom. The third-order valence-electron chi connectivity index (χ3n) is 12.7. The summed E-state index contributed by atoms with van der Waals surface area (Å²) in [5, 5.41) is 2.66. The van der Waals surface area contributed by atoms with E-state index < -0.39 is 115 Å². The number of H-pyrrole nitrogens is 2. The Kier molecular flexibility index (Phi) is 15.7. The fourth-order valence-electron chi connectivity index (χ4n) is 8.62. The maximum absolute atomic E-state index is 13.7. The van der Waals surface area contributed by atoms with Crippen molar-refractivity contribution in [2.75, 3.05) is 18.5 Å². The van der Waals surface area contributed by atoms with Gasteiger partial charge in [0.1, 0.15) is 42.8 Å². The highest BCUT2D eigenvalue weighted by molar-refractivity contribution is 8.07. The second-order valence-electron chi connectivity index (χ2n) is 17.4. The molecular weight excluding hydrogens is 969 g/mol. The number of amides is 1. The average molecular weight is 1020 g/mol. The molecule has 6 heterocycles. The lowest BCUT2D eigenvalue weighted by atomic mass is 9.93. The van der Waals surface area contributed by atoms with E-state index in [0.717, 1.165) is 0 Å². The number of aromatic nitrogens is 6. The molecule has 3 fully saturated rings. The Morgan fingerprint density at radius 2 is 1.15 bits per heavy atom. The summed E-state index contributed by atoms with van der Waals surface area (Å²) >= 11 is 11.1. The van der Waals surface area contributed by atoms with E-state index in [-0.39, 0.29) is 29.8 Å². The Labute approximate surface area is 399 Å². The highest BCUT2D eigenvalue weighted by Crippen LogP contribution is 2.54. The summed E-state index contributed by atoms with van der Waals surface area (Å²) in [5.41, 5.74) is -1.82. The lowest BCUT2D eigenvalue weighted by Gasteiger charge is -2.29. The molecule has 0 bridgehead atoms. The molecule has 3 aliphatic rings. The first-order chi connectivity index (χ1) is 32.0. The normalized spacial score (nSPS) is 30.0. The first-order valence-corrected chi connectivity index (χ1v) is 27.1. The van der Waals surface area contributed by atoms with E-state index in [9.17, 15) is 38.6 Å². The van der Waals surface area contributed by atoms with Gasteiger partial charge in [0.05, 0.1) is 25.4 Å². The molecular formula is C42H55N7O15P2S2. The topological polar surface area (TPSA) is 279 Å². The molecule has 0 saturated carbocycles. The number of aromatic amines is 2. The van der Waals surface area contributed by atoms with E-state index in [2.05, 4.69) is 20.3 Å². The van der Waals surface area contributed by atoms with Crippen LogP contribution in [0.5, 0.6) is 0 Å². The van der Waals surface area contributed by atoms with Crippen LogP contribution in [0.15, 0.2) is 72.9 Å². The number of hydrogen-bond acceptors (Lipinski definition) is 16. The first kappa shape index (κ1) is 51.7. The SMILES string of the molecule is CC[C@H]1O[C@@H](n2cc(C)c(=O)[nH]c2=O)[C@H](C)[C@@H]1OP(O)(=S)OC[C@H]1O[C@@H](n2cc(C)c(NC(=O)c3ccccc3)nc2=O)[C@H](C)[C@@H]1OP(O)(=S)OC[C@H]1O[C@@H](n2cc(C)c(=O)[nH]c2=O)[C@H](C)[C@@H]1C. The van der Waals surface area contributed by atoms with Gasteiger partial charge in [-0.05, 0) is 68.9 Å². The van der Waals surface area contributed by atoms with E-state index in [1.54, 1.807) is 65.0 Å². The fraction of sp³-hybridized carbons (Fsp3) is 0.548. The van der Waals surface area contributed by atoms with E-state index in [0.29, 0.717) is 23.1 Å². The maximum atomic E-state index is 13.7. The van der Waals surface area contributed by atoms with Crippen LogP contribution in [0, 0.1) is 44.4 Å². The summed E-state index contributed by atoms with van der Waals surface area (Å²) in [6, 6.07) is 8.39. The summed E-state index contributed by atoms with van der Waals surface area (Å²) in [6.07, 6.45) is -2.70. The monoisotopic (exact) mass is 1020 g/mol. The van der Waals surface area contributed by atoms with E-state index in [1.807, 2.05) is 20.8 Å². The van der Waals surface area contributed by atoms with Crippen LogP contribution in [0.2, 0.25) is 0 Å². The van der Waals surface area contributed by atoms with E-state index in [4.69, 9.17) is 55.9 Å². The number of nitrogens with one attached hydrogen (secondary N) is 3. The van der Waals surface area contributed by atoms with Crippen LogP contribution in [-0.2, 0) is 55.9 Å². The largest absolute Gasteiger partial charge is 0.352 e. The number of anilines is 1. The molecule has 0 aliphatic carbocycles. The summed E-state index contributed by atoms with van der Waals surface area (Å²) in [4.78, 5) is 108. The van der Waals surface area contributed by atoms with Crippen LogP contribution in [0.1, 0.15) is 86.8 Å². The third kappa shape index (κ3) is 11.1. The van der Waals surface area contributed by atoms with Gasteiger partial charge in [0.25, 0.3) is 17.0 Å². The van der Waals surface area contributed by atoms with Gasteiger partial charge in [0, 0.05) is 58.6 Å². The molecule has 5 N–H and O–H groups in total. The molecule has 1 aromatic carbocycles. The number of hydrogen-bond donors (Lipinski definition) is 5. The predicted octanol–water partition coefficient (Wildman–Crippen LogP) is 3.41. The zero-order valence-electron chi connectivity index (χ0n) is 38.4. The van der Waals surface area contributed by atoms with Gasteiger partial charge in [-0.1, -0.05) is 52.8 Å². The number of nitrogens with zero attached hydrogens (tertiary/aromatic N) is 4.